The summed E-state index contributed by atoms with van der Waals surface area (Å²) in [6, 6.07) is 7.50. The largest absolute Gasteiger partial charge is 0.493 e. The Morgan fingerprint density at radius 2 is 1.71 bits per heavy atom. The van der Waals surface area contributed by atoms with Crippen LogP contribution in [0.2, 0.25) is 0 Å². The van der Waals surface area contributed by atoms with Gasteiger partial charge in [0.05, 0.1) is 27.8 Å². The molecule has 2 aliphatic heterocycles. The molecule has 1 fully saturated rings. The first kappa shape index (κ1) is 18.3. The van der Waals surface area contributed by atoms with E-state index in [0.29, 0.717) is 35.2 Å². The number of carbonyl (C=O) groups excluding carboxylic acids is 1. The second-order valence-electron chi connectivity index (χ2n) is 6.77. The fourth-order valence-corrected chi connectivity index (χ4v) is 3.80. The summed E-state index contributed by atoms with van der Waals surface area (Å²) < 4.78 is 33.4. The molecule has 0 unspecified atom stereocenters. The number of hydrogen-bond acceptors (Lipinski definition) is 7. The molecule has 0 spiro atoms. The van der Waals surface area contributed by atoms with Gasteiger partial charge >= 0.3 is 5.97 Å². The van der Waals surface area contributed by atoms with E-state index >= 15 is 0 Å². The van der Waals surface area contributed by atoms with Crippen LogP contribution in [0.15, 0.2) is 24.3 Å². The van der Waals surface area contributed by atoms with Crippen molar-refractivity contribution in [3.05, 3.63) is 29.8 Å². The Morgan fingerprint density at radius 3 is 2.36 bits per heavy atom. The molecule has 7 heteroatoms. The number of esters is 1. The number of benzene rings is 2. The highest BCUT2D eigenvalue weighted by Crippen LogP contribution is 2.52. The normalized spacial score (nSPS) is 20.1. The van der Waals surface area contributed by atoms with Crippen LogP contribution in [0.5, 0.6) is 28.7 Å². The lowest BCUT2D eigenvalue weighted by Crippen LogP contribution is -2.09. The number of hydrogen-bond donors (Lipinski definition) is 0. The number of cyclic esters (lactones) is 1. The summed E-state index contributed by atoms with van der Waals surface area (Å²) in [7, 11) is 4.69. The first-order chi connectivity index (χ1) is 13.6. The average molecular weight is 386 g/mol. The monoisotopic (exact) mass is 386 g/mol. The maximum Gasteiger partial charge on any atom is 0.306 e. The zero-order valence-electron chi connectivity index (χ0n) is 16.2. The highest BCUT2D eigenvalue weighted by Gasteiger charge is 2.37. The van der Waals surface area contributed by atoms with Crippen LogP contribution < -0.4 is 23.7 Å². The average Bonchev–Trinajstić information content (AvgIpc) is 3.30. The molecule has 0 radical (unpaired) electrons. The lowest BCUT2D eigenvalue weighted by molar-refractivity contribution is -0.141. The number of methoxy groups -OCH3 is 3. The van der Waals surface area contributed by atoms with E-state index in [4.69, 9.17) is 28.4 Å². The standard InChI is InChI=1S/C21H22O7/c1-11-7-17(22)28-19(11)13-9-16(23-2)20(24-3)21(25-4)18(13)12-5-6-14-15(8-12)27-10-26-14/h5-6,8-9,11,19H,7,10H2,1-4H3/t11-,19-/m0/s1. The molecule has 1 saturated heterocycles. The molecular formula is C21H22O7. The minimum absolute atomic E-state index is 0.0167. The number of fused-ring (bicyclic) bond motifs is 1. The number of carbonyl (C=O) groups is 1. The summed E-state index contributed by atoms with van der Waals surface area (Å²) >= 11 is 0. The minimum Gasteiger partial charge on any atom is -0.493 e. The van der Waals surface area contributed by atoms with Gasteiger partial charge in [-0.15, -0.1) is 0 Å². The summed E-state index contributed by atoms with van der Waals surface area (Å²) in [5.41, 5.74) is 2.41. The van der Waals surface area contributed by atoms with E-state index in [9.17, 15) is 4.79 Å². The third-order valence-electron chi connectivity index (χ3n) is 5.09. The lowest BCUT2D eigenvalue weighted by atomic mass is 9.89. The van der Waals surface area contributed by atoms with Gasteiger partial charge in [0.1, 0.15) is 6.10 Å². The summed E-state index contributed by atoms with van der Waals surface area (Å²) in [6.45, 7) is 2.17. The molecule has 0 N–H and O–H groups in total. The maximum atomic E-state index is 11.9. The molecule has 0 bridgehead atoms. The smallest absolute Gasteiger partial charge is 0.306 e. The quantitative estimate of drug-likeness (QED) is 0.725. The Hall–Kier alpha value is -3.09. The molecule has 4 rings (SSSR count). The van der Waals surface area contributed by atoms with Gasteiger partial charge in [0.2, 0.25) is 12.5 Å². The van der Waals surface area contributed by atoms with E-state index in [0.717, 1.165) is 16.7 Å². The lowest BCUT2D eigenvalue weighted by Gasteiger charge is -2.24. The van der Waals surface area contributed by atoms with E-state index in [1.807, 2.05) is 31.2 Å². The molecule has 0 aromatic heterocycles. The van der Waals surface area contributed by atoms with Crippen LogP contribution in [0.1, 0.15) is 25.0 Å². The van der Waals surface area contributed by atoms with Gasteiger partial charge in [0.25, 0.3) is 0 Å². The van der Waals surface area contributed by atoms with Crippen molar-refractivity contribution in [3.8, 4) is 39.9 Å². The van der Waals surface area contributed by atoms with Gasteiger partial charge in [0.15, 0.2) is 23.0 Å². The van der Waals surface area contributed by atoms with Crippen LogP contribution in [0.25, 0.3) is 11.1 Å². The minimum atomic E-state index is -0.415. The van der Waals surface area contributed by atoms with Crippen molar-refractivity contribution in [1.29, 1.82) is 0 Å². The molecule has 2 atom stereocenters. The zero-order valence-corrected chi connectivity index (χ0v) is 16.2. The Kier molecular flexibility index (Phi) is 4.66. The van der Waals surface area contributed by atoms with Crippen LogP contribution in [-0.2, 0) is 9.53 Å². The molecule has 28 heavy (non-hydrogen) atoms. The van der Waals surface area contributed by atoms with Crippen molar-refractivity contribution in [3.63, 3.8) is 0 Å². The second kappa shape index (κ2) is 7.14. The predicted molar refractivity (Wildman–Crippen MR) is 100 cm³/mol. The van der Waals surface area contributed by atoms with Gasteiger partial charge in [-0.2, -0.15) is 0 Å². The topological polar surface area (TPSA) is 72.5 Å². The van der Waals surface area contributed by atoms with Crippen molar-refractivity contribution < 1.29 is 33.2 Å². The van der Waals surface area contributed by atoms with Gasteiger partial charge in [-0.1, -0.05) is 13.0 Å². The third-order valence-corrected chi connectivity index (χ3v) is 5.09. The highest BCUT2D eigenvalue weighted by molar-refractivity contribution is 5.82. The Morgan fingerprint density at radius 1 is 0.964 bits per heavy atom. The fraction of sp³-hybridized carbons (Fsp3) is 0.381. The summed E-state index contributed by atoms with van der Waals surface area (Å²) in [4.78, 5) is 11.9. The van der Waals surface area contributed by atoms with Crippen molar-refractivity contribution in [2.45, 2.75) is 19.4 Å². The molecule has 0 amide bonds. The number of rotatable bonds is 5. The van der Waals surface area contributed by atoms with Gasteiger partial charge in [-0.3, -0.25) is 4.79 Å². The van der Waals surface area contributed by atoms with E-state index in [-0.39, 0.29) is 18.7 Å². The van der Waals surface area contributed by atoms with Gasteiger partial charge < -0.3 is 28.4 Å². The van der Waals surface area contributed by atoms with E-state index in [1.165, 1.54) is 0 Å². The Bertz CT molecular complexity index is 921. The zero-order chi connectivity index (χ0) is 19.8. The summed E-state index contributed by atoms with van der Waals surface area (Å²) in [6.07, 6.45) is -0.0522. The molecular weight excluding hydrogens is 364 g/mol. The molecule has 2 aromatic rings. The van der Waals surface area contributed by atoms with E-state index in [2.05, 4.69) is 0 Å². The summed E-state index contributed by atoms with van der Waals surface area (Å²) in [5.74, 6) is 2.62. The highest BCUT2D eigenvalue weighted by atomic mass is 16.7. The Labute approximate surface area is 163 Å². The van der Waals surface area contributed by atoms with Crippen LogP contribution >= 0.6 is 0 Å². The molecule has 2 aliphatic rings. The van der Waals surface area contributed by atoms with Gasteiger partial charge in [0, 0.05) is 17.0 Å². The third kappa shape index (κ3) is 2.87. The molecule has 2 heterocycles. The van der Waals surface area contributed by atoms with Gasteiger partial charge in [-0.05, 0) is 23.8 Å². The molecule has 2 aromatic carbocycles. The first-order valence-electron chi connectivity index (χ1n) is 8.99. The SMILES string of the molecule is COc1cc([C@H]2OC(=O)C[C@@H]2C)c(-c2ccc3c(c2)OCO3)c(OC)c1OC. The number of ether oxygens (including phenoxy) is 6. The fourth-order valence-electron chi connectivity index (χ4n) is 3.80. The second-order valence-corrected chi connectivity index (χ2v) is 6.77. The van der Waals surface area contributed by atoms with Crippen LogP contribution in [0.4, 0.5) is 0 Å². The first-order valence-corrected chi connectivity index (χ1v) is 8.99. The molecule has 0 aliphatic carbocycles. The summed E-state index contributed by atoms with van der Waals surface area (Å²) in [5, 5.41) is 0. The van der Waals surface area contributed by atoms with Crippen molar-refractivity contribution >= 4 is 5.97 Å². The van der Waals surface area contributed by atoms with Gasteiger partial charge in [-0.25, -0.2) is 0 Å². The van der Waals surface area contributed by atoms with Crippen molar-refractivity contribution in [1.82, 2.24) is 0 Å². The van der Waals surface area contributed by atoms with Crippen LogP contribution in [0.3, 0.4) is 0 Å². The maximum absolute atomic E-state index is 11.9. The van der Waals surface area contributed by atoms with Crippen LogP contribution in [-0.4, -0.2) is 34.1 Å². The molecule has 0 saturated carbocycles. The van der Waals surface area contributed by atoms with Crippen molar-refractivity contribution in [2.24, 2.45) is 5.92 Å². The van der Waals surface area contributed by atoms with E-state index in [1.54, 1.807) is 21.3 Å². The molecule has 148 valence electrons. The molecule has 7 nitrogen and oxygen atoms in total. The Balaban J connectivity index is 1.97. The predicted octanol–water partition coefficient (Wildman–Crippen LogP) is 3.73. The van der Waals surface area contributed by atoms with Crippen molar-refractivity contribution in [2.75, 3.05) is 28.1 Å². The van der Waals surface area contributed by atoms with Crippen LogP contribution in [0, 0.1) is 5.92 Å². The van der Waals surface area contributed by atoms with E-state index < -0.39 is 6.10 Å².